The Balaban J connectivity index is 0.00000148. The van der Waals surface area contributed by atoms with Gasteiger partial charge in [-0.1, -0.05) is 206 Å². The molecule has 6 nitrogen and oxygen atoms in total. The predicted molar refractivity (Wildman–Crippen MR) is 285 cm³/mol. The van der Waals surface area contributed by atoms with Crippen molar-refractivity contribution in [1.82, 2.24) is 5.59 Å². The van der Waals surface area contributed by atoms with Crippen LogP contribution in [0.2, 0.25) is 0 Å². The van der Waals surface area contributed by atoms with Crippen LogP contribution in [0.15, 0.2) is 204 Å². The van der Waals surface area contributed by atoms with Gasteiger partial charge in [0.15, 0.2) is 0 Å². The zero-order chi connectivity index (χ0) is 48.8. The van der Waals surface area contributed by atoms with Gasteiger partial charge in [0.05, 0.1) is 11.1 Å². The first-order valence-electron chi connectivity index (χ1n) is 23.3. The Morgan fingerprint density at radius 2 is 0.757 bits per heavy atom. The van der Waals surface area contributed by atoms with Gasteiger partial charge in [-0.3, -0.25) is 9.98 Å². The van der Waals surface area contributed by atoms with E-state index < -0.39 is 11.1 Å². The molecule has 0 amide bonds. The van der Waals surface area contributed by atoms with E-state index in [2.05, 4.69) is 121 Å². The SMILES string of the molecule is C[C@@]1(N=Cc2cc3ccccc3c(-c3c(-c4ccccc4)ccc4ccccc34)c2[O-])CCCC[C@@]1(C)N=Cc1cc2ccccc2c(-c2c(-c3ccccc3)ccc3ccccc23)c1[O-].[Cl][Ru+2].[N]=O. The van der Waals surface area contributed by atoms with Crippen molar-refractivity contribution >= 4 is 65.2 Å². The normalized spacial score (nSPS) is 16.8. The fourth-order valence-electron chi connectivity index (χ4n) is 10.5. The Kier molecular flexibility index (Phi) is 14.1. The van der Waals surface area contributed by atoms with Crippen molar-refractivity contribution in [2.45, 2.75) is 50.6 Å². The van der Waals surface area contributed by atoms with Gasteiger partial charge < -0.3 is 10.2 Å². The van der Waals surface area contributed by atoms with E-state index in [0.29, 0.717) is 22.3 Å². The maximum Gasteiger partial charge on any atom is 0.120 e. The zero-order valence-corrected chi connectivity index (χ0v) is 41.3. The average Bonchev–Trinajstić information content (AvgIpc) is 3.42. The Hall–Kier alpha value is -7.31. The Morgan fingerprint density at radius 1 is 0.443 bits per heavy atom. The van der Waals surface area contributed by atoms with Crippen molar-refractivity contribution in [3.63, 3.8) is 0 Å². The summed E-state index contributed by atoms with van der Waals surface area (Å²) in [5.41, 5.74) is 12.9. The largest absolute Gasteiger partial charge is 0.120 e. The van der Waals surface area contributed by atoms with Crippen molar-refractivity contribution in [2.24, 2.45) is 9.98 Å². The number of hydrogen-bond acceptors (Lipinski definition) is 5. The van der Waals surface area contributed by atoms with Gasteiger partial charge in [-0.15, -0.1) is 4.91 Å². The van der Waals surface area contributed by atoms with Crippen LogP contribution in [0.1, 0.15) is 50.7 Å². The van der Waals surface area contributed by atoms with Gasteiger partial charge in [0.1, 0.15) is 5.59 Å². The van der Waals surface area contributed by atoms with Gasteiger partial charge in [0, 0.05) is 12.4 Å². The Bertz CT molecular complexity index is 3350. The van der Waals surface area contributed by atoms with Crippen LogP contribution in [-0.2, 0) is 17.3 Å². The standard InChI is InChI=1S/C62H50N2O2.ClH.NO.Ru/c1-61(63-39-47-37-45-25-11-15-29-51(45)57(59(47)65)55-49-27-13-9-23-43(49)31-33-53(55)41-19-5-3-6-20-41)35-17-18-36-62(61,2)64-40-48-38-46-26-12-16-30-52(46)58(60(48)66)56-50-28-14-10-24-44(50)32-34-54(56)42-21-7-4-8-22-42;;1-2;/h3-16,19-34,37-40,65-66H,17-18,35-36H2,1-2H3;1H;;/q;;;+3/p-3/t61-,62-;;;/m1.../s1. The molecule has 1 fully saturated rings. The van der Waals surface area contributed by atoms with Crippen LogP contribution >= 0.6 is 9.69 Å². The first-order valence-corrected chi connectivity index (χ1v) is 25.6. The van der Waals surface area contributed by atoms with Crippen LogP contribution < -0.4 is 15.8 Å². The second-order valence-electron chi connectivity index (χ2n) is 18.2. The number of aliphatic imine (C=N–C) groups is 2. The number of fused-ring (bicyclic) bond motifs is 4. The summed E-state index contributed by atoms with van der Waals surface area (Å²) >= 11 is 1.82. The van der Waals surface area contributed by atoms with Crippen molar-refractivity contribution in [3.05, 3.63) is 210 Å². The molecule has 1 saturated carbocycles. The molecule has 0 saturated heterocycles. The van der Waals surface area contributed by atoms with E-state index in [1.54, 1.807) is 0 Å². The molecule has 0 bridgehead atoms. The van der Waals surface area contributed by atoms with Gasteiger partial charge in [-0.25, -0.2) is 0 Å². The molecule has 1 aliphatic carbocycles. The minimum absolute atomic E-state index is 0.0569. The zero-order valence-electron chi connectivity index (χ0n) is 38.8. The fourth-order valence-corrected chi connectivity index (χ4v) is 10.5. The molecule has 0 aliphatic heterocycles. The second kappa shape index (κ2) is 20.7. The molecule has 8 heteroatoms. The summed E-state index contributed by atoms with van der Waals surface area (Å²) in [7, 11) is 4.57. The van der Waals surface area contributed by atoms with E-state index in [9.17, 15) is 0 Å². The molecule has 2 atom stereocenters. The Labute approximate surface area is 422 Å². The van der Waals surface area contributed by atoms with Gasteiger partial charge in [-0.2, -0.15) is 0 Å². The first kappa shape index (κ1) is 47.7. The van der Waals surface area contributed by atoms with Crippen LogP contribution in [0, 0.1) is 4.91 Å². The molecule has 0 N–H and O–H groups in total. The van der Waals surface area contributed by atoms with Crippen LogP contribution in [0.5, 0.6) is 11.5 Å². The fraction of sp³-hybridized carbons (Fsp3) is 0.129. The maximum atomic E-state index is 15.2. The molecule has 10 aromatic carbocycles. The summed E-state index contributed by atoms with van der Waals surface area (Å²) in [5, 5.41) is 38.4. The summed E-state index contributed by atoms with van der Waals surface area (Å²) in [4.78, 5) is 18.0. The number of nitrogens with zero attached hydrogens (tertiary/aromatic N) is 3. The molecule has 70 heavy (non-hydrogen) atoms. The third-order valence-corrected chi connectivity index (χ3v) is 14.3. The van der Waals surface area contributed by atoms with E-state index >= 15 is 10.2 Å². The van der Waals surface area contributed by atoms with E-state index in [-0.39, 0.29) is 11.5 Å². The molecule has 0 spiro atoms. The number of halogens is 1. The van der Waals surface area contributed by atoms with Crippen LogP contribution in [0.3, 0.4) is 0 Å². The summed E-state index contributed by atoms with van der Waals surface area (Å²) in [6, 6.07) is 66.2. The smallest absolute Gasteiger partial charge is 0.120 e. The monoisotopic (exact) mass is 1020 g/mol. The third kappa shape index (κ3) is 8.81. The van der Waals surface area contributed by atoms with Gasteiger partial charge in [-0.05, 0) is 138 Å². The molecule has 11 rings (SSSR count). The number of benzene rings is 10. The minimum Gasteiger partial charge on any atom is -0.120 e. The van der Waals surface area contributed by atoms with E-state index in [1.165, 1.54) is 0 Å². The van der Waals surface area contributed by atoms with E-state index in [1.807, 2.05) is 127 Å². The molecule has 0 heterocycles. The first-order chi connectivity index (χ1) is 34.3. The Morgan fingerprint density at radius 3 is 1.13 bits per heavy atom. The molecule has 1 radical (unpaired) electrons. The van der Waals surface area contributed by atoms with Crippen molar-refractivity contribution in [3.8, 4) is 56.0 Å². The summed E-state index contributed by atoms with van der Waals surface area (Å²) in [5.74, 6) is -0.114. The van der Waals surface area contributed by atoms with Crippen LogP contribution in [0.25, 0.3) is 87.6 Å². The molecule has 0 aromatic heterocycles. The van der Waals surface area contributed by atoms with Gasteiger partial charge >= 0.3 is 27.0 Å². The summed E-state index contributed by atoms with van der Waals surface area (Å²) < 4.78 is 0. The van der Waals surface area contributed by atoms with Crippen LogP contribution in [0.4, 0.5) is 0 Å². The molecule has 344 valence electrons. The van der Waals surface area contributed by atoms with E-state index in [4.69, 9.17) is 20.5 Å². The summed E-state index contributed by atoms with van der Waals surface area (Å²) in [6.45, 7) is 4.33. The van der Waals surface area contributed by atoms with Gasteiger partial charge in [0.2, 0.25) is 0 Å². The van der Waals surface area contributed by atoms with Gasteiger partial charge in [0.25, 0.3) is 0 Å². The quantitative estimate of drug-likeness (QED) is 0.112. The molecular formula is C62H48ClN3O3Ru. The van der Waals surface area contributed by atoms with Crippen molar-refractivity contribution in [1.29, 1.82) is 0 Å². The molecular weight excluding hydrogens is 971 g/mol. The predicted octanol–water partition coefficient (Wildman–Crippen LogP) is 15.0. The molecule has 10 aromatic rings. The second-order valence-corrected chi connectivity index (χ2v) is 18.2. The van der Waals surface area contributed by atoms with Crippen molar-refractivity contribution < 1.29 is 27.5 Å². The topological polar surface area (TPSA) is 110 Å². The van der Waals surface area contributed by atoms with Crippen LogP contribution in [-0.4, -0.2) is 23.5 Å². The molecule has 0 unspecified atom stereocenters. The average molecular weight is 1020 g/mol. The van der Waals surface area contributed by atoms with E-state index in [0.717, 1.165) is 102 Å². The summed E-state index contributed by atoms with van der Waals surface area (Å²) in [6.07, 6.45) is 7.17. The third-order valence-electron chi connectivity index (χ3n) is 14.3. The molecule has 1 aliphatic rings. The maximum absolute atomic E-state index is 15.2. The van der Waals surface area contributed by atoms with Crippen molar-refractivity contribution in [2.75, 3.05) is 0 Å². The number of nitroso groups, excluding NO2 is 1. The minimum atomic E-state index is -0.659. The number of rotatable bonds is 8. The number of hydrogen-bond donors (Lipinski definition) is 0.